The van der Waals surface area contributed by atoms with Crippen LogP contribution in [0.2, 0.25) is 0 Å². The van der Waals surface area contributed by atoms with Crippen molar-refractivity contribution >= 4 is 29.9 Å². The number of benzene rings is 2. The van der Waals surface area contributed by atoms with Crippen LogP contribution in [0.5, 0.6) is 11.5 Å². The Kier molecular flexibility index (Phi) is 11.8. The lowest BCUT2D eigenvalue weighted by atomic mass is 10.1. The molecule has 158 valence electrons. The standard InChI is InChI=1S/C22H29N3O3.HI/c1-4-14-28-21-9-7-6-8-18(21)15-24-22(23-5-2)25-16-20(26)17-10-12-19(27-3)13-11-17;/h4,6-13,20,26H,1,5,14-16H2,2-3H3,(H2,23,24,25);1H. The Bertz CT molecular complexity index is 766. The highest BCUT2D eigenvalue weighted by Gasteiger charge is 2.09. The number of rotatable bonds is 10. The number of aliphatic hydroxyl groups is 1. The van der Waals surface area contributed by atoms with Gasteiger partial charge in [-0.15, -0.1) is 24.0 Å². The topological polar surface area (TPSA) is 75.1 Å². The van der Waals surface area contributed by atoms with E-state index in [0.29, 0.717) is 25.7 Å². The van der Waals surface area contributed by atoms with Gasteiger partial charge < -0.3 is 25.2 Å². The quantitative estimate of drug-likeness (QED) is 0.197. The smallest absolute Gasteiger partial charge is 0.191 e. The fourth-order valence-corrected chi connectivity index (χ4v) is 2.57. The van der Waals surface area contributed by atoms with Crippen molar-refractivity contribution in [2.75, 3.05) is 26.8 Å². The van der Waals surface area contributed by atoms with Crippen molar-refractivity contribution in [2.24, 2.45) is 4.99 Å². The summed E-state index contributed by atoms with van der Waals surface area (Å²) >= 11 is 0. The predicted octanol–water partition coefficient (Wildman–Crippen LogP) is 3.67. The van der Waals surface area contributed by atoms with Crippen molar-refractivity contribution in [3.8, 4) is 11.5 Å². The number of aliphatic hydroxyl groups excluding tert-OH is 1. The Morgan fingerprint density at radius 1 is 1.17 bits per heavy atom. The Labute approximate surface area is 190 Å². The molecule has 3 N–H and O–H groups in total. The zero-order chi connectivity index (χ0) is 20.2. The van der Waals surface area contributed by atoms with Crippen molar-refractivity contribution in [1.29, 1.82) is 0 Å². The van der Waals surface area contributed by atoms with Gasteiger partial charge in [-0.25, -0.2) is 4.99 Å². The Hall–Kier alpha value is -2.26. The monoisotopic (exact) mass is 511 g/mol. The molecule has 1 unspecified atom stereocenters. The molecule has 0 saturated heterocycles. The average Bonchev–Trinajstić information content (AvgIpc) is 2.74. The van der Waals surface area contributed by atoms with E-state index < -0.39 is 6.10 Å². The molecule has 2 aromatic carbocycles. The zero-order valence-electron chi connectivity index (χ0n) is 16.9. The van der Waals surface area contributed by atoms with Crippen molar-refractivity contribution in [3.05, 3.63) is 72.3 Å². The van der Waals surface area contributed by atoms with Crippen molar-refractivity contribution in [1.82, 2.24) is 10.6 Å². The molecule has 0 aromatic heterocycles. The molecule has 0 spiro atoms. The molecular weight excluding hydrogens is 481 g/mol. The first-order chi connectivity index (χ1) is 13.7. The predicted molar refractivity (Wildman–Crippen MR) is 128 cm³/mol. The maximum Gasteiger partial charge on any atom is 0.191 e. The van der Waals surface area contributed by atoms with Gasteiger partial charge in [-0.2, -0.15) is 0 Å². The number of ether oxygens (including phenoxy) is 2. The van der Waals surface area contributed by atoms with Crippen LogP contribution in [-0.4, -0.2) is 37.9 Å². The molecule has 1 atom stereocenters. The molecule has 0 saturated carbocycles. The third-order valence-electron chi connectivity index (χ3n) is 4.04. The number of hydrogen-bond donors (Lipinski definition) is 3. The molecule has 7 heteroatoms. The van der Waals surface area contributed by atoms with E-state index in [1.165, 1.54) is 0 Å². The van der Waals surface area contributed by atoms with E-state index in [2.05, 4.69) is 22.2 Å². The maximum atomic E-state index is 10.4. The van der Waals surface area contributed by atoms with Crippen LogP contribution in [-0.2, 0) is 6.54 Å². The molecule has 0 heterocycles. The third-order valence-corrected chi connectivity index (χ3v) is 4.04. The minimum absolute atomic E-state index is 0. The first-order valence-corrected chi connectivity index (χ1v) is 9.33. The Balaban J connectivity index is 0.00000420. The van der Waals surface area contributed by atoms with Crippen LogP contribution in [0.3, 0.4) is 0 Å². The number of para-hydroxylation sites is 1. The molecule has 0 bridgehead atoms. The van der Waals surface area contributed by atoms with Crippen LogP contribution in [0.1, 0.15) is 24.2 Å². The number of hydrogen-bond acceptors (Lipinski definition) is 4. The van der Waals surface area contributed by atoms with Crippen molar-refractivity contribution < 1.29 is 14.6 Å². The van der Waals surface area contributed by atoms with Gasteiger partial charge in [-0.05, 0) is 30.7 Å². The van der Waals surface area contributed by atoms with Gasteiger partial charge in [0.05, 0.1) is 19.8 Å². The summed E-state index contributed by atoms with van der Waals surface area (Å²) in [6.45, 7) is 7.65. The highest BCUT2D eigenvalue weighted by molar-refractivity contribution is 14.0. The largest absolute Gasteiger partial charge is 0.497 e. The van der Waals surface area contributed by atoms with Crippen LogP contribution in [0.15, 0.2) is 66.2 Å². The van der Waals surface area contributed by atoms with E-state index in [0.717, 1.165) is 29.2 Å². The van der Waals surface area contributed by atoms with Crippen LogP contribution in [0, 0.1) is 0 Å². The summed E-state index contributed by atoms with van der Waals surface area (Å²) in [5.41, 5.74) is 1.80. The number of aliphatic imine (C=N–C) groups is 1. The molecule has 0 aliphatic carbocycles. The van der Waals surface area contributed by atoms with E-state index in [1.54, 1.807) is 13.2 Å². The first kappa shape index (κ1) is 24.8. The van der Waals surface area contributed by atoms with Crippen molar-refractivity contribution in [2.45, 2.75) is 19.6 Å². The highest BCUT2D eigenvalue weighted by atomic mass is 127. The van der Waals surface area contributed by atoms with Gasteiger partial charge in [0.25, 0.3) is 0 Å². The van der Waals surface area contributed by atoms with Gasteiger partial charge in [-0.3, -0.25) is 0 Å². The fourth-order valence-electron chi connectivity index (χ4n) is 2.57. The Morgan fingerprint density at radius 3 is 2.55 bits per heavy atom. The fraction of sp³-hybridized carbons (Fsp3) is 0.318. The SMILES string of the molecule is C=CCOc1ccccc1CN=C(NCC)NCC(O)c1ccc(OC)cc1.I. The molecule has 0 aliphatic heterocycles. The summed E-state index contributed by atoms with van der Waals surface area (Å²) in [5, 5.41) is 16.8. The van der Waals surface area contributed by atoms with Crippen LogP contribution in [0.4, 0.5) is 0 Å². The molecule has 0 fully saturated rings. The lowest BCUT2D eigenvalue weighted by Gasteiger charge is -2.16. The van der Waals surface area contributed by atoms with Crippen LogP contribution < -0.4 is 20.1 Å². The summed E-state index contributed by atoms with van der Waals surface area (Å²) in [7, 11) is 1.62. The second-order valence-electron chi connectivity index (χ2n) is 6.07. The van der Waals surface area contributed by atoms with Crippen molar-refractivity contribution in [3.63, 3.8) is 0 Å². The van der Waals surface area contributed by atoms with E-state index in [4.69, 9.17) is 9.47 Å². The van der Waals surface area contributed by atoms with Gasteiger partial charge in [0, 0.05) is 18.7 Å². The second-order valence-corrected chi connectivity index (χ2v) is 6.07. The van der Waals surface area contributed by atoms with Gasteiger partial charge in [0.15, 0.2) is 5.96 Å². The number of nitrogens with zero attached hydrogens (tertiary/aromatic N) is 1. The van der Waals surface area contributed by atoms with Crippen LogP contribution >= 0.6 is 24.0 Å². The van der Waals surface area contributed by atoms with E-state index in [9.17, 15) is 5.11 Å². The number of nitrogens with one attached hydrogen (secondary N) is 2. The number of halogens is 1. The van der Waals surface area contributed by atoms with E-state index in [-0.39, 0.29) is 24.0 Å². The summed E-state index contributed by atoms with van der Waals surface area (Å²) in [6.07, 6.45) is 1.06. The summed E-state index contributed by atoms with van der Waals surface area (Å²) in [4.78, 5) is 4.60. The lowest BCUT2D eigenvalue weighted by molar-refractivity contribution is 0.180. The maximum absolute atomic E-state index is 10.4. The molecule has 0 radical (unpaired) electrons. The second kappa shape index (κ2) is 13.8. The highest BCUT2D eigenvalue weighted by Crippen LogP contribution is 2.19. The lowest BCUT2D eigenvalue weighted by Crippen LogP contribution is -2.39. The normalized spacial score (nSPS) is 11.8. The summed E-state index contributed by atoms with van der Waals surface area (Å²) < 4.78 is 10.8. The number of methoxy groups -OCH3 is 1. The molecule has 2 rings (SSSR count). The zero-order valence-corrected chi connectivity index (χ0v) is 19.3. The molecular formula is C22H30IN3O3. The Morgan fingerprint density at radius 2 is 1.90 bits per heavy atom. The first-order valence-electron chi connectivity index (χ1n) is 9.33. The molecule has 0 amide bonds. The molecule has 2 aromatic rings. The average molecular weight is 511 g/mol. The van der Waals surface area contributed by atoms with Gasteiger partial charge >= 0.3 is 0 Å². The molecule has 0 aliphatic rings. The van der Waals surface area contributed by atoms with E-state index >= 15 is 0 Å². The number of guanidine groups is 1. The summed E-state index contributed by atoms with van der Waals surface area (Å²) in [6, 6.07) is 15.2. The minimum atomic E-state index is -0.655. The van der Waals surface area contributed by atoms with Crippen LogP contribution in [0.25, 0.3) is 0 Å². The minimum Gasteiger partial charge on any atom is -0.497 e. The molecule has 29 heavy (non-hydrogen) atoms. The van der Waals surface area contributed by atoms with Gasteiger partial charge in [0.1, 0.15) is 18.1 Å². The van der Waals surface area contributed by atoms with Gasteiger partial charge in [-0.1, -0.05) is 43.0 Å². The van der Waals surface area contributed by atoms with Gasteiger partial charge in [0.2, 0.25) is 0 Å². The third kappa shape index (κ3) is 8.33. The summed E-state index contributed by atoms with van der Waals surface area (Å²) in [5.74, 6) is 2.19. The van der Waals surface area contributed by atoms with E-state index in [1.807, 2.05) is 55.5 Å². The molecule has 6 nitrogen and oxygen atoms in total.